The molecule has 0 spiro atoms. The van der Waals surface area contributed by atoms with Crippen molar-refractivity contribution in [2.24, 2.45) is 0 Å². The molecule has 2 N–H and O–H groups in total. The molecule has 0 fully saturated rings. The molecule has 0 unspecified atom stereocenters. The van der Waals surface area contributed by atoms with E-state index in [0.717, 1.165) is 39.9 Å². The molecule has 0 aliphatic carbocycles. The van der Waals surface area contributed by atoms with Crippen molar-refractivity contribution in [2.45, 2.75) is 25.7 Å². The summed E-state index contributed by atoms with van der Waals surface area (Å²) < 4.78 is 6.81. The summed E-state index contributed by atoms with van der Waals surface area (Å²) in [6, 6.07) is 23.2. The number of carboxylic acid groups (broad SMARTS) is 1. The first-order valence-corrected chi connectivity index (χ1v) is 14.7. The number of nitrogens with zero attached hydrogens (tertiary/aromatic N) is 3. The molecule has 2 aromatic heterocycles. The van der Waals surface area contributed by atoms with E-state index < -0.39 is 5.97 Å². The van der Waals surface area contributed by atoms with E-state index in [1.807, 2.05) is 60.7 Å². The van der Waals surface area contributed by atoms with Crippen molar-refractivity contribution < 1.29 is 19.4 Å². The standard InChI is InChI=1S/C30H26N4O4S2/c35-28(36)26-25(13-6-4-10-19-8-2-1-3-9-19)39-27(32-26)20-14-15-23-22(18-20)34(16-17-38-23)30(37)33-29-31-21-11-5-7-12-24(21)40-29/h1-3,5,7-9,11-12,14-15,18H,4,6,10,13,16-17H2,(H,35,36)(H,31,33,37). The number of anilines is 2. The molecule has 10 heteroatoms. The minimum Gasteiger partial charge on any atom is -0.490 e. The minimum absolute atomic E-state index is 0.0964. The first-order valence-electron chi connectivity index (χ1n) is 13.0. The summed E-state index contributed by atoms with van der Waals surface area (Å²) in [4.78, 5) is 36.7. The van der Waals surface area contributed by atoms with Gasteiger partial charge >= 0.3 is 12.0 Å². The van der Waals surface area contributed by atoms with Crippen molar-refractivity contribution in [1.29, 1.82) is 0 Å². The van der Waals surface area contributed by atoms with Gasteiger partial charge < -0.3 is 9.84 Å². The molecular formula is C30H26N4O4S2. The Labute approximate surface area is 238 Å². The van der Waals surface area contributed by atoms with E-state index in [2.05, 4.69) is 27.4 Å². The highest BCUT2D eigenvalue weighted by Crippen LogP contribution is 2.38. The summed E-state index contributed by atoms with van der Waals surface area (Å²) in [6.45, 7) is 0.741. The van der Waals surface area contributed by atoms with Crippen molar-refractivity contribution >= 4 is 55.7 Å². The zero-order valence-corrected chi connectivity index (χ0v) is 23.1. The summed E-state index contributed by atoms with van der Waals surface area (Å²) >= 11 is 2.81. The topological polar surface area (TPSA) is 105 Å². The number of benzene rings is 3. The number of thiazole rings is 2. The number of para-hydroxylation sites is 1. The fourth-order valence-corrected chi connectivity index (χ4v) is 6.66. The van der Waals surface area contributed by atoms with E-state index in [1.165, 1.54) is 28.2 Å². The Kier molecular flexibility index (Phi) is 7.43. The number of aromatic carboxylic acids is 1. The number of rotatable bonds is 8. The van der Waals surface area contributed by atoms with E-state index in [9.17, 15) is 14.7 Å². The quantitative estimate of drug-likeness (QED) is 0.193. The maximum atomic E-state index is 13.3. The lowest BCUT2D eigenvalue weighted by Crippen LogP contribution is -2.40. The number of carbonyl (C=O) groups is 2. The number of aromatic nitrogens is 2. The van der Waals surface area contributed by atoms with Crippen LogP contribution < -0.4 is 15.0 Å². The smallest absolute Gasteiger partial charge is 0.355 e. The molecule has 0 saturated carbocycles. The molecule has 3 heterocycles. The molecule has 0 saturated heterocycles. The number of ether oxygens (including phenoxy) is 1. The number of carbonyl (C=O) groups excluding carboxylic acids is 1. The zero-order chi connectivity index (χ0) is 27.5. The number of fused-ring (bicyclic) bond motifs is 2. The largest absolute Gasteiger partial charge is 0.490 e. The molecule has 0 radical (unpaired) electrons. The van der Waals surface area contributed by atoms with Crippen LogP contribution in [0.3, 0.4) is 0 Å². The predicted molar refractivity (Wildman–Crippen MR) is 159 cm³/mol. The number of hydrogen-bond acceptors (Lipinski definition) is 7. The highest BCUT2D eigenvalue weighted by molar-refractivity contribution is 7.22. The molecule has 1 aliphatic heterocycles. The Balaban J connectivity index is 1.20. The van der Waals surface area contributed by atoms with Crippen LogP contribution in [-0.2, 0) is 12.8 Å². The fourth-order valence-electron chi connectivity index (χ4n) is 4.72. The third-order valence-electron chi connectivity index (χ3n) is 6.68. The van der Waals surface area contributed by atoms with Crippen LogP contribution in [0.1, 0.15) is 33.8 Å². The third kappa shape index (κ3) is 5.54. The summed E-state index contributed by atoms with van der Waals surface area (Å²) in [5.41, 5.74) is 3.56. The zero-order valence-electron chi connectivity index (χ0n) is 21.5. The number of nitrogens with one attached hydrogen (secondary N) is 1. The second-order valence-electron chi connectivity index (χ2n) is 9.39. The van der Waals surface area contributed by atoms with E-state index in [1.54, 1.807) is 4.90 Å². The van der Waals surface area contributed by atoms with Crippen LogP contribution in [0, 0.1) is 0 Å². The second-order valence-corrected chi connectivity index (χ2v) is 11.5. The molecule has 3 aromatic carbocycles. The minimum atomic E-state index is -1.03. The number of urea groups is 1. The first kappa shape index (κ1) is 26.0. The monoisotopic (exact) mass is 570 g/mol. The van der Waals surface area contributed by atoms with Gasteiger partial charge in [0.05, 0.1) is 22.4 Å². The SMILES string of the molecule is O=C(O)c1nc(-c2ccc3c(c2)N(C(=O)Nc2nc4ccccc4s2)CCO3)sc1CCCCc1ccccc1. The van der Waals surface area contributed by atoms with Gasteiger partial charge in [-0.25, -0.2) is 19.6 Å². The fraction of sp³-hybridized carbons (Fsp3) is 0.200. The lowest BCUT2D eigenvalue weighted by molar-refractivity contribution is 0.0690. The summed E-state index contributed by atoms with van der Waals surface area (Å²) in [5, 5.41) is 13.9. The molecule has 6 rings (SSSR count). The van der Waals surface area contributed by atoms with E-state index in [0.29, 0.717) is 41.1 Å². The third-order valence-corrected chi connectivity index (χ3v) is 8.80. The summed E-state index contributed by atoms with van der Waals surface area (Å²) in [5.74, 6) is -0.440. The number of carboxylic acids is 1. The van der Waals surface area contributed by atoms with Crippen LogP contribution in [-0.4, -0.2) is 40.2 Å². The predicted octanol–water partition coefficient (Wildman–Crippen LogP) is 7.11. The Morgan fingerprint density at radius 1 is 0.950 bits per heavy atom. The average molecular weight is 571 g/mol. The van der Waals surface area contributed by atoms with Gasteiger partial charge in [-0.15, -0.1) is 11.3 Å². The second kappa shape index (κ2) is 11.4. The van der Waals surface area contributed by atoms with Gasteiger partial charge in [0.15, 0.2) is 10.8 Å². The number of hydrogen-bond donors (Lipinski definition) is 2. The lowest BCUT2D eigenvalue weighted by Gasteiger charge is -2.29. The Morgan fingerprint density at radius 2 is 1.75 bits per heavy atom. The molecular weight excluding hydrogens is 544 g/mol. The van der Waals surface area contributed by atoms with Crippen LogP contribution in [0.4, 0.5) is 15.6 Å². The molecule has 1 aliphatic rings. The van der Waals surface area contributed by atoms with Gasteiger partial charge in [0.25, 0.3) is 0 Å². The Morgan fingerprint density at radius 3 is 2.58 bits per heavy atom. The van der Waals surface area contributed by atoms with E-state index in [4.69, 9.17) is 4.74 Å². The van der Waals surface area contributed by atoms with Crippen molar-refractivity contribution in [1.82, 2.24) is 9.97 Å². The van der Waals surface area contributed by atoms with Crippen LogP contribution in [0.2, 0.25) is 0 Å². The van der Waals surface area contributed by atoms with Crippen LogP contribution in [0.15, 0.2) is 72.8 Å². The molecule has 5 aromatic rings. The van der Waals surface area contributed by atoms with Gasteiger partial charge in [0.1, 0.15) is 17.4 Å². The first-order chi connectivity index (χ1) is 19.5. The van der Waals surface area contributed by atoms with Crippen molar-refractivity contribution in [2.75, 3.05) is 23.4 Å². The molecule has 0 atom stereocenters. The van der Waals surface area contributed by atoms with Crippen LogP contribution in [0.5, 0.6) is 5.75 Å². The highest BCUT2D eigenvalue weighted by atomic mass is 32.1. The summed E-state index contributed by atoms with van der Waals surface area (Å²) in [6.07, 6.45) is 3.44. The number of unbranched alkanes of at least 4 members (excludes halogenated alkanes) is 1. The van der Waals surface area contributed by atoms with E-state index in [-0.39, 0.29) is 11.7 Å². The van der Waals surface area contributed by atoms with E-state index >= 15 is 0 Å². The van der Waals surface area contributed by atoms with Crippen molar-refractivity contribution in [3.8, 4) is 16.3 Å². The van der Waals surface area contributed by atoms with Gasteiger partial charge in [-0.1, -0.05) is 53.8 Å². The van der Waals surface area contributed by atoms with Gasteiger partial charge in [0.2, 0.25) is 0 Å². The van der Waals surface area contributed by atoms with Gasteiger partial charge in [-0.2, -0.15) is 0 Å². The number of amides is 2. The van der Waals surface area contributed by atoms with Gasteiger partial charge in [-0.05, 0) is 61.6 Å². The van der Waals surface area contributed by atoms with Crippen LogP contribution in [0.25, 0.3) is 20.8 Å². The maximum Gasteiger partial charge on any atom is 0.355 e. The summed E-state index contributed by atoms with van der Waals surface area (Å²) in [7, 11) is 0. The molecule has 0 bridgehead atoms. The molecule has 40 heavy (non-hydrogen) atoms. The molecule has 2 amide bonds. The number of aryl methyl sites for hydroxylation is 2. The Hall–Kier alpha value is -4.28. The highest BCUT2D eigenvalue weighted by Gasteiger charge is 2.26. The van der Waals surface area contributed by atoms with Gasteiger partial charge in [-0.3, -0.25) is 10.2 Å². The molecule has 8 nitrogen and oxygen atoms in total. The maximum absolute atomic E-state index is 13.3. The van der Waals surface area contributed by atoms with Crippen molar-refractivity contribution in [3.05, 3.63) is 88.9 Å². The normalized spacial score (nSPS) is 12.7. The van der Waals surface area contributed by atoms with Gasteiger partial charge in [0, 0.05) is 10.4 Å². The Bertz CT molecular complexity index is 1650. The molecule has 202 valence electrons. The average Bonchev–Trinajstić information content (AvgIpc) is 3.59. The lowest BCUT2D eigenvalue weighted by atomic mass is 10.1. The van der Waals surface area contributed by atoms with Crippen LogP contribution >= 0.6 is 22.7 Å². The van der Waals surface area contributed by atoms with Crippen molar-refractivity contribution in [3.63, 3.8) is 0 Å².